The van der Waals surface area contributed by atoms with Crippen LogP contribution in [0.15, 0.2) is 0 Å². The lowest BCUT2D eigenvalue weighted by Crippen LogP contribution is -2.44. The summed E-state index contributed by atoms with van der Waals surface area (Å²) < 4.78 is 0. The quantitative estimate of drug-likeness (QED) is 0.519. The molecule has 0 aromatic heterocycles. The van der Waals surface area contributed by atoms with Crippen LogP contribution < -0.4 is 5.32 Å². The summed E-state index contributed by atoms with van der Waals surface area (Å²) in [6.07, 6.45) is 2.44. The lowest BCUT2D eigenvalue weighted by atomic mass is 10.1. The van der Waals surface area contributed by atoms with Gasteiger partial charge >= 0.3 is 0 Å². The van der Waals surface area contributed by atoms with Gasteiger partial charge in [-0.15, -0.1) is 0 Å². The van der Waals surface area contributed by atoms with Crippen LogP contribution in [0.4, 0.5) is 0 Å². The Bertz CT molecular complexity index is 95.6. The number of nitrogens with one attached hydrogen (secondary N) is 1. The highest BCUT2D eigenvalue weighted by molar-refractivity contribution is 4.74. The van der Waals surface area contributed by atoms with Crippen molar-refractivity contribution in [1.29, 1.82) is 0 Å². The Morgan fingerprint density at radius 3 is 3.10 bits per heavy atom. The van der Waals surface area contributed by atoms with Gasteiger partial charge in [-0.3, -0.25) is 5.32 Å². The average molecular weight is 144 g/mol. The van der Waals surface area contributed by atoms with Gasteiger partial charge in [0.05, 0.1) is 6.73 Å². The molecule has 0 spiro atoms. The predicted molar refractivity (Wildman–Crippen MR) is 40.7 cm³/mol. The predicted octanol–water partition coefficient (Wildman–Crippen LogP) is -0.380. The van der Waals surface area contributed by atoms with Crippen molar-refractivity contribution < 1.29 is 5.11 Å². The molecule has 1 rings (SSSR count). The summed E-state index contributed by atoms with van der Waals surface area (Å²) >= 11 is 0. The molecule has 3 heteroatoms. The first-order valence-electron chi connectivity index (χ1n) is 3.85. The molecule has 0 amide bonds. The zero-order valence-corrected chi connectivity index (χ0v) is 6.51. The Labute approximate surface area is 62.0 Å². The SMILES string of the molecule is CN1CCCC(NCO)C1. The number of likely N-dealkylation sites (tertiary alicyclic amines) is 1. The van der Waals surface area contributed by atoms with Crippen molar-refractivity contribution in [1.82, 2.24) is 10.2 Å². The van der Waals surface area contributed by atoms with Gasteiger partial charge in [0.1, 0.15) is 0 Å². The van der Waals surface area contributed by atoms with E-state index in [2.05, 4.69) is 17.3 Å². The number of aliphatic hydroxyl groups is 1. The van der Waals surface area contributed by atoms with Crippen molar-refractivity contribution in [3.63, 3.8) is 0 Å². The maximum absolute atomic E-state index is 8.58. The van der Waals surface area contributed by atoms with E-state index in [1.165, 1.54) is 19.4 Å². The van der Waals surface area contributed by atoms with Gasteiger partial charge in [-0.25, -0.2) is 0 Å². The average Bonchev–Trinajstić information content (AvgIpc) is 1.88. The van der Waals surface area contributed by atoms with Crippen molar-refractivity contribution in [3.8, 4) is 0 Å². The number of hydrogen-bond donors (Lipinski definition) is 2. The standard InChI is InChI=1S/C7H16N2O/c1-9-4-2-3-7(5-9)8-6-10/h7-8,10H,2-6H2,1H3. The second-order valence-corrected chi connectivity index (χ2v) is 2.96. The number of nitrogens with zero attached hydrogens (tertiary/aromatic N) is 1. The van der Waals surface area contributed by atoms with Gasteiger partial charge in [0.25, 0.3) is 0 Å². The smallest absolute Gasteiger partial charge is 0.0934 e. The fourth-order valence-corrected chi connectivity index (χ4v) is 1.46. The minimum Gasteiger partial charge on any atom is -0.381 e. The largest absolute Gasteiger partial charge is 0.381 e. The summed E-state index contributed by atoms with van der Waals surface area (Å²) in [4.78, 5) is 2.29. The first-order chi connectivity index (χ1) is 4.83. The van der Waals surface area contributed by atoms with Gasteiger partial charge in [-0.2, -0.15) is 0 Å². The third-order valence-corrected chi connectivity index (χ3v) is 2.00. The zero-order valence-electron chi connectivity index (χ0n) is 6.51. The van der Waals surface area contributed by atoms with Crippen LogP contribution in [0.25, 0.3) is 0 Å². The van der Waals surface area contributed by atoms with Gasteiger partial charge < -0.3 is 10.0 Å². The van der Waals surface area contributed by atoms with Crippen LogP contribution >= 0.6 is 0 Å². The van der Waals surface area contributed by atoms with Crippen LogP contribution in [0.3, 0.4) is 0 Å². The van der Waals surface area contributed by atoms with Crippen LogP contribution in [0, 0.1) is 0 Å². The Morgan fingerprint density at radius 1 is 1.70 bits per heavy atom. The molecule has 1 saturated heterocycles. The summed E-state index contributed by atoms with van der Waals surface area (Å²) in [6.45, 7) is 2.38. The number of rotatable bonds is 2. The van der Waals surface area contributed by atoms with Crippen molar-refractivity contribution >= 4 is 0 Å². The zero-order chi connectivity index (χ0) is 7.40. The molecule has 1 unspecified atom stereocenters. The molecule has 0 radical (unpaired) electrons. The van der Waals surface area contributed by atoms with Crippen molar-refractivity contribution in [2.45, 2.75) is 18.9 Å². The second-order valence-electron chi connectivity index (χ2n) is 2.96. The molecule has 1 fully saturated rings. The van der Waals surface area contributed by atoms with Gasteiger partial charge in [-0.1, -0.05) is 0 Å². The molecular formula is C7H16N2O. The van der Waals surface area contributed by atoms with Gasteiger partial charge in [0.2, 0.25) is 0 Å². The Kier molecular flexibility index (Phi) is 3.12. The summed E-state index contributed by atoms with van der Waals surface area (Å²) in [5.74, 6) is 0. The third kappa shape index (κ3) is 2.25. The fraction of sp³-hybridized carbons (Fsp3) is 1.00. The molecule has 0 saturated carbocycles. The van der Waals surface area contributed by atoms with E-state index in [1.54, 1.807) is 0 Å². The topological polar surface area (TPSA) is 35.5 Å². The fourth-order valence-electron chi connectivity index (χ4n) is 1.46. The van der Waals surface area contributed by atoms with Crippen LogP contribution in [-0.4, -0.2) is 42.9 Å². The third-order valence-electron chi connectivity index (χ3n) is 2.00. The van der Waals surface area contributed by atoms with E-state index in [0.717, 1.165) is 6.54 Å². The van der Waals surface area contributed by atoms with Crippen molar-refractivity contribution in [2.75, 3.05) is 26.9 Å². The Hall–Kier alpha value is -0.120. The Balaban J connectivity index is 2.18. The van der Waals surface area contributed by atoms with E-state index >= 15 is 0 Å². The molecule has 1 heterocycles. The lowest BCUT2D eigenvalue weighted by Gasteiger charge is -2.29. The lowest BCUT2D eigenvalue weighted by molar-refractivity contribution is 0.179. The molecule has 1 aliphatic heterocycles. The maximum atomic E-state index is 8.58. The summed E-state index contributed by atoms with van der Waals surface area (Å²) in [7, 11) is 2.12. The second kappa shape index (κ2) is 3.91. The van der Waals surface area contributed by atoms with E-state index in [9.17, 15) is 0 Å². The highest BCUT2D eigenvalue weighted by Gasteiger charge is 2.15. The minimum atomic E-state index is 0.110. The molecule has 0 aliphatic carbocycles. The molecule has 3 nitrogen and oxygen atoms in total. The van der Waals surface area contributed by atoms with E-state index in [1.807, 2.05) is 0 Å². The molecule has 60 valence electrons. The van der Waals surface area contributed by atoms with Crippen LogP contribution in [0.5, 0.6) is 0 Å². The van der Waals surface area contributed by atoms with E-state index in [-0.39, 0.29) is 6.73 Å². The minimum absolute atomic E-state index is 0.110. The van der Waals surface area contributed by atoms with Gasteiger partial charge in [0.15, 0.2) is 0 Å². The van der Waals surface area contributed by atoms with Crippen LogP contribution in [0.2, 0.25) is 0 Å². The first kappa shape index (κ1) is 7.98. The summed E-state index contributed by atoms with van der Waals surface area (Å²) in [5.41, 5.74) is 0. The number of likely N-dealkylation sites (N-methyl/N-ethyl adjacent to an activating group) is 1. The maximum Gasteiger partial charge on any atom is 0.0934 e. The summed E-state index contributed by atoms with van der Waals surface area (Å²) in [5, 5.41) is 11.6. The molecule has 1 atom stereocenters. The van der Waals surface area contributed by atoms with E-state index < -0.39 is 0 Å². The van der Waals surface area contributed by atoms with E-state index in [4.69, 9.17) is 5.11 Å². The van der Waals surface area contributed by atoms with E-state index in [0.29, 0.717) is 6.04 Å². The monoisotopic (exact) mass is 144 g/mol. The molecule has 2 N–H and O–H groups in total. The number of piperidine rings is 1. The van der Waals surface area contributed by atoms with Crippen LogP contribution in [0.1, 0.15) is 12.8 Å². The normalized spacial score (nSPS) is 28.8. The molecule has 0 aromatic rings. The molecule has 0 bridgehead atoms. The first-order valence-corrected chi connectivity index (χ1v) is 3.85. The van der Waals surface area contributed by atoms with Gasteiger partial charge in [0, 0.05) is 12.6 Å². The highest BCUT2D eigenvalue weighted by atomic mass is 16.3. The van der Waals surface area contributed by atoms with Gasteiger partial charge in [-0.05, 0) is 26.4 Å². The molecular weight excluding hydrogens is 128 g/mol. The van der Waals surface area contributed by atoms with Crippen LogP contribution in [-0.2, 0) is 0 Å². The number of aliphatic hydroxyl groups excluding tert-OH is 1. The number of hydrogen-bond acceptors (Lipinski definition) is 3. The molecule has 0 aromatic carbocycles. The van der Waals surface area contributed by atoms with Crippen molar-refractivity contribution in [3.05, 3.63) is 0 Å². The Morgan fingerprint density at radius 2 is 2.50 bits per heavy atom. The summed E-state index contributed by atoms with van der Waals surface area (Å²) in [6, 6.07) is 0.503. The molecule has 1 aliphatic rings. The molecule has 10 heavy (non-hydrogen) atoms. The highest BCUT2D eigenvalue weighted by Crippen LogP contribution is 2.06. The van der Waals surface area contributed by atoms with Crippen molar-refractivity contribution in [2.24, 2.45) is 0 Å².